The Bertz CT molecular complexity index is 850. The highest BCUT2D eigenvalue weighted by molar-refractivity contribution is 6.13. The monoisotopic (exact) mass is 383 g/mol. The number of carbonyl (C=O) groups is 2. The molecular formula is C21H25N3O4. The summed E-state index contributed by atoms with van der Waals surface area (Å²) >= 11 is 0. The molecule has 28 heavy (non-hydrogen) atoms. The lowest BCUT2D eigenvalue weighted by molar-refractivity contribution is -0.141. The fourth-order valence-electron chi connectivity index (χ4n) is 3.12. The molecule has 2 aromatic rings. The molecule has 1 aliphatic rings. The second-order valence-corrected chi connectivity index (χ2v) is 6.93. The Kier molecular flexibility index (Phi) is 5.82. The molecule has 0 aliphatic heterocycles. The van der Waals surface area contributed by atoms with Crippen LogP contribution in [-0.4, -0.2) is 49.5 Å². The summed E-state index contributed by atoms with van der Waals surface area (Å²) in [4.78, 5) is 31.5. The Labute approximate surface area is 164 Å². The number of ether oxygens (including phenoxy) is 2. The van der Waals surface area contributed by atoms with Gasteiger partial charge in [-0.2, -0.15) is 0 Å². The van der Waals surface area contributed by atoms with Crippen molar-refractivity contribution in [1.82, 2.24) is 9.88 Å². The molecule has 1 aromatic heterocycles. The summed E-state index contributed by atoms with van der Waals surface area (Å²) in [5.41, 5.74) is 0.636. The maximum absolute atomic E-state index is 12.9. The number of nitrogens with zero attached hydrogens (tertiary/aromatic N) is 2. The molecule has 1 heterocycles. The van der Waals surface area contributed by atoms with Gasteiger partial charge in [0.2, 0.25) is 11.8 Å². The predicted octanol–water partition coefficient (Wildman–Crippen LogP) is 2.52. The van der Waals surface area contributed by atoms with Crippen LogP contribution in [-0.2, 0) is 16.0 Å². The second-order valence-electron chi connectivity index (χ2n) is 6.93. The Balaban J connectivity index is 1.65. The largest absolute Gasteiger partial charge is 0.497 e. The number of pyridine rings is 1. The van der Waals surface area contributed by atoms with Crippen molar-refractivity contribution in [2.45, 2.75) is 19.3 Å². The molecule has 0 radical (unpaired) electrons. The van der Waals surface area contributed by atoms with Crippen molar-refractivity contribution in [2.24, 2.45) is 5.41 Å². The first-order valence-electron chi connectivity index (χ1n) is 9.18. The van der Waals surface area contributed by atoms with Crippen LogP contribution in [0.4, 0.5) is 5.69 Å². The fraction of sp³-hybridized carbons (Fsp3) is 0.381. The maximum Gasteiger partial charge on any atom is 0.240 e. The first-order chi connectivity index (χ1) is 13.5. The van der Waals surface area contributed by atoms with Crippen LogP contribution >= 0.6 is 0 Å². The molecule has 0 bridgehead atoms. The van der Waals surface area contributed by atoms with E-state index in [1.54, 1.807) is 49.7 Å². The van der Waals surface area contributed by atoms with E-state index < -0.39 is 5.41 Å². The third-order valence-corrected chi connectivity index (χ3v) is 5.08. The van der Waals surface area contributed by atoms with Crippen LogP contribution in [0.2, 0.25) is 0 Å². The van der Waals surface area contributed by atoms with Crippen LogP contribution in [0.15, 0.2) is 42.7 Å². The van der Waals surface area contributed by atoms with Gasteiger partial charge < -0.3 is 19.7 Å². The van der Waals surface area contributed by atoms with Gasteiger partial charge in [0.25, 0.3) is 0 Å². The molecule has 0 spiro atoms. The van der Waals surface area contributed by atoms with Gasteiger partial charge in [0.15, 0.2) is 0 Å². The van der Waals surface area contributed by atoms with Gasteiger partial charge in [-0.15, -0.1) is 0 Å². The Hall–Kier alpha value is -3.09. The minimum absolute atomic E-state index is 0.147. The van der Waals surface area contributed by atoms with E-state index in [9.17, 15) is 9.59 Å². The van der Waals surface area contributed by atoms with Crippen molar-refractivity contribution in [2.75, 3.05) is 33.1 Å². The van der Waals surface area contributed by atoms with Crippen molar-refractivity contribution in [3.8, 4) is 11.5 Å². The molecule has 0 unspecified atom stereocenters. The summed E-state index contributed by atoms with van der Waals surface area (Å²) in [6.45, 7) is 0.545. The Morgan fingerprint density at radius 3 is 2.46 bits per heavy atom. The van der Waals surface area contributed by atoms with Crippen LogP contribution in [0.5, 0.6) is 11.5 Å². The summed E-state index contributed by atoms with van der Waals surface area (Å²) in [5.74, 6) is 0.674. The van der Waals surface area contributed by atoms with Crippen LogP contribution in [0.1, 0.15) is 18.4 Å². The van der Waals surface area contributed by atoms with E-state index in [0.717, 1.165) is 12.0 Å². The number of aromatic nitrogens is 1. The summed E-state index contributed by atoms with van der Waals surface area (Å²) in [7, 11) is 4.83. The molecule has 7 heteroatoms. The van der Waals surface area contributed by atoms with Gasteiger partial charge >= 0.3 is 0 Å². The van der Waals surface area contributed by atoms with Gasteiger partial charge in [0, 0.05) is 32.1 Å². The first-order valence-corrected chi connectivity index (χ1v) is 9.18. The quantitative estimate of drug-likeness (QED) is 0.709. The SMILES string of the molecule is COc1ccc(NC(=O)C2(C(=O)N(C)CCc3ccncc3)CC2)c(OC)c1. The van der Waals surface area contributed by atoms with E-state index in [1.807, 2.05) is 12.1 Å². The lowest BCUT2D eigenvalue weighted by Gasteiger charge is -2.23. The summed E-state index contributed by atoms with van der Waals surface area (Å²) < 4.78 is 10.5. The number of hydrogen-bond acceptors (Lipinski definition) is 5. The van der Waals surface area contributed by atoms with Crippen molar-refractivity contribution in [3.05, 3.63) is 48.3 Å². The smallest absolute Gasteiger partial charge is 0.240 e. The van der Waals surface area contributed by atoms with E-state index in [4.69, 9.17) is 9.47 Å². The molecule has 3 rings (SSSR count). The zero-order valence-electron chi connectivity index (χ0n) is 16.4. The number of hydrogen-bond donors (Lipinski definition) is 1. The zero-order valence-corrected chi connectivity index (χ0v) is 16.4. The van der Waals surface area contributed by atoms with Crippen LogP contribution < -0.4 is 14.8 Å². The number of rotatable bonds is 8. The number of likely N-dealkylation sites (N-methyl/N-ethyl adjacent to an activating group) is 1. The fourth-order valence-corrected chi connectivity index (χ4v) is 3.12. The summed E-state index contributed by atoms with van der Waals surface area (Å²) in [5, 5.41) is 2.85. The van der Waals surface area contributed by atoms with E-state index in [-0.39, 0.29) is 11.8 Å². The summed E-state index contributed by atoms with van der Waals surface area (Å²) in [6, 6.07) is 8.99. The number of amides is 2. The van der Waals surface area contributed by atoms with Crippen molar-refractivity contribution in [1.29, 1.82) is 0 Å². The lowest BCUT2D eigenvalue weighted by atomic mass is 10.0. The number of methoxy groups -OCH3 is 2. The van der Waals surface area contributed by atoms with Crippen LogP contribution in [0.25, 0.3) is 0 Å². The molecular weight excluding hydrogens is 358 g/mol. The van der Waals surface area contributed by atoms with Crippen LogP contribution in [0, 0.1) is 5.41 Å². The Morgan fingerprint density at radius 1 is 1.14 bits per heavy atom. The van der Waals surface area contributed by atoms with Crippen LogP contribution in [0.3, 0.4) is 0 Å². The molecule has 1 N–H and O–H groups in total. The maximum atomic E-state index is 12.9. The molecule has 2 amide bonds. The highest BCUT2D eigenvalue weighted by Crippen LogP contribution is 2.48. The van der Waals surface area contributed by atoms with Gasteiger partial charge in [-0.25, -0.2) is 0 Å². The minimum atomic E-state index is -0.988. The second kappa shape index (κ2) is 8.29. The van der Waals surface area contributed by atoms with E-state index in [0.29, 0.717) is 36.6 Å². The first kappa shape index (κ1) is 19.7. The average Bonchev–Trinajstić information content (AvgIpc) is 3.54. The third kappa shape index (κ3) is 4.08. The van der Waals surface area contributed by atoms with E-state index >= 15 is 0 Å². The van der Waals surface area contributed by atoms with Gasteiger partial charge in [-0.1, -0.05) is 0 Å². The molecule has 0 saturated heterocycles. The average molecular weight is 383 g/mol. The molecule has 1 aromatic carbocycles. The molecule has 1 saturated carbocycles. The van der Waals surface area contributed by atoms with Gasteiger partial charge in [-0.3, -0.25) is 14.6 Å². The third-order valence-electron chi connectivity index (χ3n) is 5.08. The standard InChI is InChI=1S/C21H25N3O4/c1-24(13-8-15-6-11-22-12-7-15)20(26)21(9-10-21)19(25)23-17-5-4-16(27-2)14-18(17)28-3/h4-7,11-12,14H,8-10,13H2,1-3H3,(H,23,25). The predicted molar refractivity (Wildman–Crippen MR) is 105 cm³/mol. The topological polar surface area (TPSA) is 80.8 Å². The molecule has 7 nitrogen and oxygen atoms in total. The summed E-state index contributed by atoms with van der Waals surface area (Å²) in [6.07, 6.45) is 5.28. The normalized spacial score (nSPS) is 14.1. The highest BCUT2D eigenvalue weighted by Gasteiger charge is 2.57. The van der Waals surface area contributed by atoms with Crippen molar-refractivity contribution in [3.63, 3.8) is 0 Å². The Morgan fingerprint density at radius 2 is 1.86 bits per heavy atom. The molecule has 148 valence electrons. The van der Waals surface area contributed by atoms with Gasteiger partial charge in [-0.05, 0) is 49.1 Å². The number of benzene rings is 1. The zero-order chi connectivity index (χ0) is 20.1. The molecule has 0 atom stereocenters. The lowest BCUT2D eigenvalue weighted by Crippen LogP contribution is -2.41. The van der Waals surface area contributed by atoms with E-state index in [2.05, 4.69) is 10.3 Å². The van der Waals surface area contributed by atoms with Gasteiger partial charge in [0.05, 0.1) is 19.9 Å². The van der Waals surface area contributed by atoms with Gasteiger partial charge in [0.1, 0.15) is 16.9 Å². The van der Waals surface area contributed by atoms with Crippen molar-refractivity contribution < 1.29 is 19.1 Å². The van der Waals surface area contributed by atoms with E-state index in [1.165, 1.54) is 7.11 Å². The number of carbonyl (C=O) groups excluding carboxylic acids is 2. The molecule has 1 aliphatic carbocycles. The number of anilines is 1. The highest BCUT2D eigenvalue weighted by atomic mass is 16.5. The minimum Gasteiger partial charge on any atom is -0.497 e. The number of nitrogens with one attached hydrogen (secondary N) is 1. The van der Waals surface area contributed by atoms with Crippen molar-refractivity contribution >= 4 is 17.5 Å². The molecule has 1 fully saturated rings.